The Balaban J connectivity index is 1.96. The lowest BCUT2D eigenvalue weighted by Crippen LogP contribution is -2.34. The number of rotatable bonds is 5. The number of hydrogen-bond donors (Lipinski definition) is 1. The lowest BCUT2D eigenvalue weighted by molar-refractivity contribution is -0.127. The quantitative estimate of drug-likeness (QED) is 0.650. The van der Waals surface area contributed by atoms with Gasteiger partial charge >= 0.3 is 0 Å². The van der Waals surface area contributed by atoms with Crippen LogP contribution in [-0.2, 0) is 4.79 Å². The second-order valence-corrected chi connectivity index (χ2v) is 6.12. The predicted octanol–water partition coefficient (Wildman–Crippen LogP) is 4.26. The van der Waals surface area contributed by atoms with Gasteiger partial charge in [0.1, 0.15) is 5.75 Å². The van der Waals surface area contributed by atoms with Crippen LogP contribution in [-0.4, -0.2) is 17.7 Å². The first-order valence-electron chi connectivity index (χ1n) is 7.71. The first-order valence-corrected chi connectivity index (χ1v) is 8.08. The van der Waals surface area contributed by atoms with E-state index < -0.39 is 6.10 Å². The summed E-state index contributed by atoms with van der Waals surface area (Å²) in [5.74, 6) is 0.362. The molecule has 0 aliphatic rings. The van der Waals surface area contributed by atoms with Crippen LogP contribution in [0.5, 0.6) is 5.75 Å². The van der Waals surface area contributed by atoms with E-state index in [0.29, 0.717) is 16.5 Å². The minimum Gasteiger partial charge on any atom is -0.481 e. The first-order chi connectivity index (χ1) is 11.4. The van der Waals surface area contributed by atoms with E-state index in [1.165, 1.54) is 5.56 Å². The highest BCUT2D eigenvalue weighted by atomic mass is 35.5. The average Bonchev–Trinajstić information content (AvgIpc) is 2.56. The number of nitrogens with zero attached hydrogens (tertiary/aromatic N) is 1. The second-order valence-electron chi connectivity index (χ2n) is 5.69. The van der Waals surface area contributed by atoms with Crippen LogP contribution in [0.2, 0.25) is 5.02 Å². The maximum atomic E-state index is 12.1. The lowest BCUT2D eigenvalue weighted by Gasteiger charge is -2.14. The highest BCUT2D eigenvalue weighted by molar-refractivity contribution is 6.30. The Morgan fingerprint density at radius 3 is 2.42 bits per heavy atom. The molecule has 2 aromatic carbocycles. The molecule has 0 saturated heterocycles. The topological polar surface area (TPSA) is 50.7 Å². The second kappa shape index (κ2) is 7.97. The minimum atomic E-state index is -0.645. The molecule has 1 N–H and O–H groups in total. The van der Waals surface area contributed by atoms with Gasteiger partial charge < -0.3 is 4.74 Å². The van der Waals surface area contributed by atoms with Gasteiger partial charge in [-0.1, -0.05) is 29.8 Å². The molecule has 0 aromatic heterocycles. The van der Waals surface area contributed by atoms with Gasteiger partial charge in [0, 0.05) is 5.02 Å². The molecule has 0 saturated carbocycles. The summed E-state index contributed by atoms with van der Waals surface area (Å²) in [6.45, 7) is 7.55. The van der Waals surface area contributed by atoms with Gasteiger partial charge in [0.25, 0.3) is 5.91 Å². The van der Waals surface area contributed by atoms with E-state index in [-0.39, 0.29) is 5.91 Å². The van der Waals surface area contributed by atoms with Crippen LogP contribution in [0.3, 0.4) is 0 Å². The maximum absolute atomic E-state index is 12.1. The molecule has 2 aromatic rings. The van der Waals surface area contributed by atoms with Crippen molar-refractivity contribution >= 4 is 23.2 Å². The van der Waals surface area contributed by atoms with E-state index in [2.05, 4.69) is 10.5 Å². The summed E-state index contributed by atoms with van der Waals surface area (Å²) < 4.78 is 5.67. The lowest BCUT2D eigenvalue weighted by atomic mass is 10.1. The summed E-state index contributed by atoms with van der Waals surface area (Å²) in [5, 5.41) is 4.77. The van der Waals surface area contributed by atoms with Crippen molar-refractivity contribution in [1.29, 1.82) is 0 Å². The highest BCUT2D eigenvalue weighted by Crippen LogP contribution is 2.17. The van der Waals surface area contributed by atoms with Gasteiger partial charge in [-0.3, -0.25) is 4.79 Å². The molecule has 0 fully saturated rings. The largest absolute Gasteiger partial charge is 0.481 e. The number of hydrazone groups is 1. The van der Waals surface area contributed by atoms with Crippen molar-refractivity contribution in [3.63, 3.8) is 0 Å². The predicted molar refractivity (Wildman–Crippen MR) is 97.8 cm³/mol. The Kier molecular flexibility index (Phi) is 5.99. The molecule has 0 aliphatic carbocycles. The average molecular weight is 345 g/mol. The van der Waals surface area contributed by atoms with Crippen molar-refractivity contribution < 1.29 is 9.53 Å². The molecule has 5 heteroatoms. The van der Waals surface area contributed by atoms with Crippen LogP contribution >= 0.6 is 11.6 Å². The van der Waals surface area contributed by atoms with E-state index in [4.69, 9.17) is 16.3 Å². The molecule has 0 radical (unpaired) electrons. The van der Waals surface area contributed by atoms with Gasteiger partial charge in [-0.15, -0.1) is 0 Å². The molecule has 126 valence electrons. The smallest absolute Gasteiger partial charge is 0.280 e. The Bertz CT molecular complexity index is 754. The van der Waals surface area contributed by atoms with Crippen LogP contribution in [0.4, 0.5) is 0 Å². The molecule has 0 bridgehead atoms. The van der Waals surface area contributed by atoms with Crippen LogP contribution in [0.1, 0.15) is 30.5 Å². The van der Waals surface area contributed by atoms with Crippen LogP contribution in [0, 0.1) is 13.8 Å². The molecule has 2 rings (SSSR count). The Morgan fingerprint density at radius 2 is 1.79 bits per heavy atom. The van der Waals surface area contributed by atoms with Gasteiger partial charge in [0.05, 0.1) is 5.71 Å². The van der Waals surface area contributed by atoms with E-state index >= 15 is 0 Å². The van der Waals surface area contributed by atoms with Gasteiger partial charge in [-0.25, -0.2) is 5.43 Å². The summed E-state index contributed by atoms with van der Waals surface area (Å²) in [4.78, 5) is 12.1. The third-order valence-corrected chi connectivity index (χ3v) is 4.01. The van der Waals surface area contributed by atoms with Gasteiger partial charge in [-0.2, -0.15) is 5.10 Å². The highest BCUT2D eigenvalue weighted by Gasteiger charge is 2.14. The van der Waals surface area contributed by atoms with Crippen LogP contribution in [0.25, 0.3) is 0 Å². The van der Waals surface area contributed by atoms with E-state index in [1.54, 1.807) is 19.1 Å². The zero-order chi connectivity index (χ0) is 17.7. The number of nitrogens with one attached hydrogen (secondary N) is 1. The summed E-state index contributed by atoms with van der Waals surface area (Å²) in [7, 11) is 0. The van der Waals surface area contributed by atoms with Crippen molar-refractivity contribution in [2.24, 2.45) is 5.10 Å². The number of ether oxygens (including phenoxy) is 1. The molecule has 24 heavy (non-hydrogen) atoms. The van der Waals surface area contributed by atoms with Crippen molar-refractivity contribution in [2.45, 2.75) is 33.8 Å². The Morgan fingerprint density at radius 1 is 1.12 bits per heavy atom. The summed E-state index contributed by atoms with van der Waals surface area (Å²) in [6.07, 6.45) is -0.645. The SMILES string of the molecule is C/C(=N\NC(=O)C(C)Oc1ccc(C)c(C)c1)c1ccc(Cl)cc1. The number of carbonyl (C=O) groups excluding carboxylic acids is 1. The molecule has 1 atom stereocenters. The van der Waals surface area contributed by atoms with Crippen LogP contribution < -0.4 is 10.2 Å². The Hall–Kier alpha value is -2.33. The number of hydrogen-bond acceptors (Lipinski definition) is 3. The van der Waals surface area contributed by atoms with Crippen molar-refractivity contribution in [1.82, 2.24) is 5.43 Å². The van der Waals surface area contributed by atoms with Gasteiger partial charge in [-0.05, 0) is 68.7 Å². The zero-order valence-corrected chi connectivity index (χ0v) is 15.0. The van der Waals surface area contributed by atoms with Crippen LogP contribution in [0.15, 0.2) is 47.6 Å². The third kappa shape index (κ3) is 4.83. The molecule has 0 spiro atoms. The number of amides is 1. The molecule has 4 nitrogen and oxygen atoms in total. The summed E-state index contributed by atoms with van der Waals surface area (Å²) in [5.41, 5.74) is 6.42. The normalized spacial score (nSPS) is 12.6. The number of carbonyl (C=O) groups is 1. The van der Waals surface area contributed by atoms with Gasteiger partial charge in [0.15, 0.2) is 6.10 Å². The number of benzene rings is 2. The van der Waals surface area contributed by atoms with Gasteiger partial charge in [0.2, 0.25) is 0 Å². The van der Waals surface area contributed by atoms with Crippen molar-refractivity contribution in [2.75, 3.05) is 0 Å². The molecule has 0 heterocycles. The third-order valence-electron chi connectivity index (χ3n) is 3.76. The molecule has 1 amide bonds. The molecular weight excluding hydrogens is 324 g/mol. The molecule has 0 aliphatic heterocycles. The monoisotopic (exact) mass is 344 g/mol. The van der Waals surface area contributed by atoms with Crippen molar-refractivity contribution in [3.05, 3.63) is 64.2 Å². The van der Waals surface area contributed by atoms with E-state index in [9.17, 15) is 4.79 Å². The standard InChI is InChI=1S/C19H21ClN2O2/c1-12-5-10-18(11-13(12)2)24-15(4)19(23)22-21-14(3)16-6-8-17(20)9-7-16/h5-11,15H,1-4H3,(H,22,23)/b21-14+. The fourth-order valence-corrected chi connectivity index (χ4v) is 2.16. The summed E-state index contributed by atoms with van der Waals surface area (Å²) in [6, 6.07) is 13.0. The maximum Gasteiger partial charge on any atom is 0.280 e. The number of halogens is 1. The molecule has 1 unspecified atom stereocenters. The van der Waals surface area contributed by atoms with Crippen molar-refractivity contribution in [3.8, 4) is 5.75 Å². The summed E-state index contributed by atoms with van der Waals surface area (Å²) >= 11 is 5.86. The van der Waals surface area contributed by atoms with E-state index in [0.717, 1.165) is 11.1 Å². The molecular formula is C19H21ClN2O2. The Labute approximate surface area is 147 Å². The zero-order valence-electron chi connectivity index (χ0n) is 14.3. The van der Waals surface area contributed by atoms with E-state index in [1.807, 2.05) is 51.1 Å². The fourth-order valence-electron chi connectivity index (χ4n) is 2.03. The number of aryl methyl sites for hydroxylation is 2. The minimum absolute atomic E-state index is 0.304. The first kappa shape index (κ1) is 18.0. The fraction of sp³-hybridized carbons (Fsp3) is 0.263.